The van der Waals surface area contributed by atoms with Crippen molar-refractivity contribution in [3.63, 3.8) is 0 Å². The second kappa shape index (κ2) is 7.25. The van der Waals surface area contributed by atoms with Gasteiger partial charge in [-0.3, -0.25) is 0 Å². The largest absolute Gasteiger partial charge is 0.461 e. The van der Waals surface area contributed by atoms with E-state index in [1.54, 1.807) is 6.92 Å². The Morgan fingerprint density at radius 1 is 1.33 bits per heavy atom. The van der Waals surface area contributed by atoms with E-state index in [1.807, 2.05) is 24.3 Å². The molecule has 1 aromatic heterocycles. The summed E-state index contributed by atoms with van der Waals surface area (Å²) in [6, 6.07) is 6.52. The van der Waals surface area contributed by atoms with Gasteiger partial charge in [0.05, 0.1) is 12.6 Å². The first-order chi connectivity index (χ1) is 12.7. The monoisotopic (exact) mass is 381 g/mol. The molecule has 0 radical (unpaired) electrons. The molecule has 3 rings (SSSR count). The Bertz CT molecular complexity index is 813. The molecule has 1 N–H and O–H groups in total. The number of hydrogen-bond acceptors (Lipinski definition) is 4. The maximum atomic E-state index is 13.6. The van der Waals surface area contributed by atoms with E-state index in [0.29, 0.717) is 5.92 Å². The molecule has 1 aliphatic heterocycles. The molecule has 2 heterocycles. The minimum absolute atomic E-state index is 0.127. The van der Waals surface area contributed by atoms with Gasteiger partial charge in [-0.1, -0.05) is 38.1 Å². The highest BCUT2D eigenvalue weighted by Gasteiger charge is 2.46. The second-order valence-corrected chi connectivity index (χ2v) is 6.89. The number of rotatable bonds is 4. The quantitative estimate of drug-likeness (QED) is 0.770. The highest BCUT2D eigenvalue weighted by Crippen LogP contribution is 2.43. The fourth-order valence-electron chi connectivity index (χ4n) is 3.21. The predicted molar refractivity (Wildman–Crippen MR) is 94.8 cm³/mol. The van der Waals surface area contributed by atoms with Crippen LogP contribution in [0.2, 0.25) is 0 Å². The lowest BCUT2D eigenvalue weighted by molar-refractivity contribution is -0.173. The summed E-state index contributed by atoms with van der Waals surface area (Å²) in [5, 5.41) is 6.92. The number of nitrogens with one attached hydrogen (secondary N) is 1. The lowest BCUT2D eigenvalue weighted by Gasteiger charge is -2.33. The van der Waals surface area contributed by atoms with Gasteiger partial charge in [-0.15, -0.1) is 0 Å². The van der Waals surface area contributed by atoms with Gasteiger partial charge in [-0.2, -0.15) is 18.3 Å². The van der Waals surface area contributed by atoms with E-state index in [9.17, 15) is 18.0 Å². The summed E-state index contributed by atoms with van der Waals surface area (Å²) >= 11 is 0. The molecule has 1 aromatic carbocycles. The van der Waals surface area contributed by atoms with Gasteiger partial charge in [0.1, 0.15) is 5.82 Å². The lowest BCUT2D eigenvalue weighted by atomic mass is 9.94. The number of carbonyl (C=O) groups excluding carboxylic acids is 1. The van der Waals surface area contributed by atoms with E-state index in [0.717, 1.165) is 15.8 Å². The minimum Gasteiger partial charge on any atom is -0.461 e. The number of benzene rings is 1. The highest BCUT2D eigenvalue weighted by molar-refractivity contribution is 5.88. The van der Waals surface area contributed by atoms with Crippen molar-refractivity contribution >= 4 is 11.8 Å². The van der Waals surface area contributed by atoms with Crippen molar-refractivity contribution in [2.45, 2.75) is 51.4 Å². The van der Waals surface area contributed by atoms with Crippen molar-refractivity contribution in [1.29, 1.82) is 0 Å². The summed E-state index contributed by atoms with van der Waals surface area (Å²) in [5.74, 6) is -0.237. The van der Waals surface area contributed by atoms with Crippen LogP contribution in [0.15, 0.2) is 30.3 Å². The van der Waals surface area contributed by atoms with Crippen LogP contribution in [0, 0.1) is 0 Å². The molecule has 27 heavy (non-hydrogen) atoms. The van der Waals surface area contributed by atoms with Crippen LogP contribution in [0.3, 0.4) is 0 Å². The van der Waals surface area contributed by atoms with Gasteiger partial charge in [0.2, 0.25) is 0 Å². The van der Waals surface area contributed by atoms with E-state index < -0.39 is 24.2 Å². The van der Waals surface area contributed by atoms with Crippen LogP contribution in [0.4, 0.5) is 19.0 Å². The van der Waals surface area contributed by atoms with Crippen LogP contribution in [0.5, 0.6) is 0 Å². The third-order valence-corrected chi connectivity index (χ3v) is 4.68. The third-order valence-electron chi connectivity index (χ3n) is 4.68. The number of hydrogen-bond donors (Lipinski definition) is 1. The van der Waals surface area contributed by atoms with Crippen LogP contribution >= 0.6 is 0 Å². The summed E-state index contributed by atoms with van der Waals surface area (Å²) in [5.41, 5.74) is 1.75. The van der Waals surface area contributed by atoms with Gasteiger partial charge >= 0.3 is 12.1 Å². The molecule has 1 aliphatic rings. The van der Waals surface area contributed by atoms with Gasteiger partial charge in [-0.05, 0) is 24.0 Å². The molecule has 0 spiro atoms. The van der Waals surface area contributed by atoms with Crippen molar-refractivity contribution in [1.82, 2.24) is 9.78 Å². The first-order valence-corrected chi connectivity index (χ1v) is 8.90. The van der Waals surface area contributed by atoms with E-state index in [-0.39, 0.29) is 24.5 Å². The molecule has 2 aromatic rings. The Balaban J connectivity index is 1.94. The fraction of sp³-hybridized carbons (Fsp3) is 0.474. The molecule has 0 amide bonds. The standard InChI is InChI=1S/C19H22F3N3O2/c1-4-27-18(26)15-10-17-23-14(9-16(19(20,21)22)25(17)24-15)13-7-5-12(6-8-13)11(2)3/h5-8,10-11,14,16,23H,4,9H2,1-3H3/t14-,16-/m1/s1. The number of ether oxygens (including phenoxy) is 1. The second-order valence-electron chi connectivity index (χ2n) is 6.89. The highest BCUT2D eigenvalue weighted by atomic mass is 19.4. The Morgan fingerprint density at radius 2 is 2.00 bits per heavy atom. The van der Waals surface area contributed by atoms with Crippen molar-refractivity contribution in [2.75, 3.05) is 11.9 Å². The Labute approximate surface area is 155 Å². The maximum absolute atomic E-state index is 13.6. The molecule has 8 heteroatoms. The van der Waals surface area contributed by atoms with Crippen LogP contribution < -0.4 is 5.32 Å². The molecule has 0 aliphatic carbocycles. The Morgan fingerprint density at radius 3 is 2.56 bits per heavy atom. The molecule has 146 valence electrons. The Kier molecular flexibility index (Phi) is 5.17. The van der Waals surface area contributed by atoms with E-state index >= 15 is 0 Å². The number of carbonyl (C=O) groups is 1. The number of alkyl halides is 3. The number of nitrogens with zero attached hydrogens (tertiary/aromatic N) is 2. The van der Waals surface area contributed by atoms with Crippen LogP contribution in [-0.4, -0.2) is 28.5 Å². The zero-order valence-electron chi connectivity index (χ0n) is 15.4. The zero-order valence-corrected chi connectivity index (χ0v) is 15.4. The number of aromatic nitrogens is 2. The normalized spacial score (nSPS) is 19.5. The van der Waals surface area contributed by atoms with Gasteiger partial charge in [0, 0.05) is 12.5 Å². The van der Waals surface area contributed by atoms with Crippen LogP contribution in [-0.2, 0) is 4.74 Å². The summed E-state index contributed by atoms with van der Waals surface area (Å²) in [6.45, 7) is 5.87. The van der Waals surface area contributed by atoms with Gasteiger partial charge in [0.25, 0.3) is 0 Å². The van der Waals surface area contributed by atoms with Gasteiger partial charge in [-0.25, -0.2) is 9.48 Å². The summed E-state index contributed by atoms with van der Waals surface area (Å²) in [4.78, 5) is 11.9. The number of halogens is 3. The molecule has 2 atom stereocenters. The zero-order chi connectivity index (χ0) is 19.8. The average molecular weight is 381 g/mol. The van der Waals surface area contributed by atoms with E-state index in [4.69, 9.17) is 4.74 Å². The first kappa shape index (κ1) is 19.3. The van der Waals surface area contributed by atoms with Crippen LogP contribution in [0.25, 0.3) is 0 Å². The summed E-state index contributed by atoms with van der Waals surface area (Å²) < 4.78 is 46.6. The smallest absolute Gasteiger partial charge is 0.410 e. The first-order valence-electron chi connectivity index (χ1n) is 8.90. The molecule has 0 fully saturated rings. The van der Waals surface area contributed by atoms with Gasteiger partial charge < -0.3 is 10.1 Å². The van der Waals surface area contributed by atoms with Crippen LogP contribution in [0.1, 0.15) is 66.8 Å². The number of anilines is 1. The van der Waals surface area contributed by atoms with Crippen molar-refractivity contribution in [3.8, 4) is 0 Å². The topological polar surface area (TPSA) is 56.2 Å². The van der Waals surface area contributed by atoms with Crippen molar-refractivity contribution < 1.29 is 22.7 Å². The average Bonchev–Trinajstić information content (AvgIpc) is 3.04. The SMILES string of the molecule is CCOC(=O)c1cc2n(n1)[C@@H](C(F)(F)F)C[C@H](c1ccc(C(C)C)cc1)N2. The summed E-state index contributed by atoms with van der Waals surface area (Å²) in [7, 11) is 0. The Hall–Kier alpha value is -2.51. The molecule has 0 unspecified atom stereocenters. The predicted octanol–water partition coefficient (Wildman–Crippen LogP) is 4.84. The lowest BCUT2D eigenvalue weighted by Crippen LogP contribution is -2.35. The third kappa shape index (κ3) is 3.94. The number of esters is 1. The molecule has 0 saturated carbocycles. The van der Waals surface area contributed by atoms with E-state index in [1.165, 1.54) is 6.07 Å². The maximum Gasteiger partial charge on any atom is 0.410 e. The number of fused-ring (bicyclic) bond motifs is 1. The van der Waals surface area contributed by atoms with Crippen molar-refractivity contribution in [2.24, 2.45) is 0 Å². The summed E-state index contributed by atoms with van der Waals surface area (Å²) in [6.07, 6.45) is -4.69. The molecule has 5 nitrogen and oxygen atoms in total. The molecule has 0 bridgehead atoms. The van der Waals surface area contributed by atoms with E-state index in [2.05, 4.69) is 24.3 Å². The molecular weight excluding hydrogens is 359 g/mol. The fourth-order valence-corrected chi connectivity index (χ4v) is 3.21. The van der Waals surface area contributed by atoms with Crippen molar-refractivity contribution in [3.05, 3.63) is 47.2 Å². The van der Waals surface area contributed by atoms with Gasteiger partial charge in [0.15, 0.2) is 11.7 Å². The molecule has 0 saturated heterocycles. The molecular formula is C19H22F3N3O2. The minimum atomic E-state index is -4.48.